The normalized spacial score (nSPS) is 22.3. The van der Waals surface area contributed by atoms with Crippen molar-refractivity contribution in [2.24, 2.45) is 11.8 Å². The minimum Gasteiger partial charge on any atom is -0.322 e. The van der Waals surface area contributed by atoms with Gasteiger partial charge in [-0.2, -0.15) is 0 Å². The molecular weight excluding hydrogens is 188 g/mol. The lowest BCUT2D eigenvalue weighted by Gasteiger charge is -2.23. The Bertz CT molecular complexity index is 226. The molecule has 1 aliphatic rings. The molecule has 0 saturated carbocycles. The Morgan fingerprint density at radius 2 is 1.73 bits per heavy atom. The monoisotopic (exact) mass is 212 g/mol. The lowest BCUT2D eigenvalue weighted by molar-refractivity contribution is 0.179. The average molecular weight is 212 g/mol. The van der Waals surface area contributed by atoms with E-state index in [0.717, 1.165) is 19.6 Å². The minimum atomic E-state index is 0.227. The molecule has 0 bridgehead atoms. The summed E-state index contributed by atoms with van der Waals surface area (Å²) in [6, 6.07) is 0.601. The maximum Gasteiger partial charge on any atom is 0.320 e. The SMILES string of the molecule is CC(C)CN1CC(C)N(CC(C)C)C1=O. The fourth-order valence-corrected chi connectivity index (χ4v) is 2.11. The number of hydrogen-bond donors (Lipinski definition) is 0. The van der Waals surface area contributed by atoms with Crippen LogP contribution in [-0.4, -0.2) is 41.5 Å². The molecule has 1 atom stereocenters. The van der Waals surface area contributed by atoms with Gasteiger partial charge >= 0.3 is 6.03 Å². The van der Waals surface area contributed by atoms with Crippen LogP contribution >= 0.6 is 0 Å². The largest absolute Gasteiger partial charge is 0.322 e. The van der Waals surface area contributed by atoms with E-state index in [-0.39, 0.29) is 6.03 Å². The number of rotatable bonds is 4. The molecule has 1 fully saturated rings. The van der Waals surface area contributed by atoms with E-state index in [9.17, 15) is 4.79 Å². The second-order valence-electron chi connectivity index (χ2n) is 5.48. The van der Waals surface area contributed by atoms with E-state index in [1.165, 1.54) is 0 Å². The summed E-state index contributed by atoms with van der Waals surface area (Å²) in [5, 5.41) is 0. The van der Waals surface area contributed by atoms with Gasteiger partial charge in [-0.05, 0) is 18.8 Å². The van der Waals surface area contributed by atoms with Gasteiger partial charge < -0.3 is 9.80 Å². The van der Waals surface area contributed by atoms with Crippen molar-refractivity contribution < 1.29 is 4.79 Å². The Morgan fingerprint density at radius 3 is 2.20 bits per heavy atom. The molecule has 3 heteroatoms. The van der Waals surface area contributed by atoms with Gasteiger partial charge in [-0.3, -0.25) is 0 Å². The fraction of sp³-hybridized carbons (Fsp3) is 0.917. The molecule has 1 rings (SSSR count). The summed E-state index contributed by atoms with van der Waals surface area (Å²) < 4.78 is 0. The maximum atomic E-state index is 12.0. The third kappa shape index (κ3) is 3.11. The van der Waals surface area contributed by atoms with Crippen LogP contribution in [0.2, 0.25) is 0 Å². The van der Waals surface area contributed by atoms with Gasteiger partial charge in [-0.15, -0.1) is 0 Å². The van der Waals surface area contributed by atoms with Crippen LogP contribution in [0.1, 0.15) is 34.6 Å². The standard InChI is InChI=1S/C12H24N2O/c1-9(2)6-13-8-11(5)14(12(13)15)7-10(3)4/h9-11H,6-8H2,1-5H3. The summed E-state index contributed by atoms with van der Waals surface area (Å²) in [5.74, 6) is 1.11. The van der Waals surface area contributed by atoms with E-state index in [2.05, 4.69) is 34.6 Å². The van der Waals surface area contributed by atoms with E-state index < -0.39 is 0 Å². The fourth-order valence-electron chi connectivity index (χ4n) is 2.11. The van der Waals surface area contributed by atoms with Crippen molar-refractivity contribution in [2.45, 2.75) is 40.7 Å². The Morgan fingerprint density at radius 1 is 1.20 bits per heavy atom. The van der Waals surface area contributed by atoms with Crippen LogP contribution in [0, 0.1) is 11.8 Å². The zero-order chi connectivity index (χ0) is 11.6. The Labute approximate surface area is 93.4 Å². The lowest BCUT2D eigenvalue weighted by Crippen LogP contribution is -2.37. The van der Waals surface area contributed by atoms with Crippen molar-refractivity contribution in [3.05, 3.63) is 0 Å². The molecule has 15 heavy (non-hydrogen) atoms. The zero-order valence-corrected chi connectivity index (χ0v) is 10.7. The first-order valence-corrected chi connectivity index (χ1v) is 5.97. The smallest absolute Gasteiger partial charge is 0.320 e. The molecule has 1 unspecified atom stereocenters. The van der Waals surface area contributed by atoms with E-state index in [1.54, 1.807) is 0 Å². The number of hydrogen-bond acceptors (Lipinski definition) is 1. The molecule has 0 aromatic carbocycles. The van der Waals surface area contributed by atoms with Crippen LogP contribution in [0.5, 0.6) is 0 Å². The van der Waals surface area contributed by atoms with Crippen molar-refractivity contribution in [3.63, 3.8) is 0 Å². The molecule has 0 aliphatic carbocycles. The van der Waals surface area contributed by atoms with Gasteiger partial charge in [0.25, 0.3) is 0 Å². The highest BCUT2D eigenvalue weighted by Gasteiger charge is 2.34. The van der Waals surface area contributed by atoms with Crippen LogP contribution < -0.4 is 0 Å². The Kier molecular flexibility index (Phi) is 4.00. The van der Waals surface area contributed by atoms with E-state index >= 15 is 0 Å². The lowest BCUT2D eigenvalue weighted by atomic mass is 10.2. The molecule has 0 spiro atoms. The van der Waals surface area contributed by atoms with Crippen molar-refractivity contribution in [1.82, 2.24) is 9.80 Å². The van der Waals surface area contributed by atoms with Crippen molar-refractivity contribution >= 4 is 6.03 Å². The van der Waals surface area contributed by atoms with Gasteiger partial charge in [-0.25, -0.2) is 4.79 Å². The maximum absolute atomic E-state index is 12.0. The topological polar surface area (TPSA) is 23.6 Å². The highest BCUT2D eigenvalue weighted by atomic mass is 16.2. The molecule has 0 N–H and O–H groups in total. The predicted molar refractivity (Wildman–Crippen MR) is 62.8 cm³/mol. The van der Waals surface area contributed by atoms with Crippen molar-refractivity contribution in [3.8, 4) is 0 Å². The summed E-state index contributed by atoms with van der Waals surface area (Å²) in [6.45, 7) is 13.4. The molecule has 1 aliphatic heterocycles. The average Bonchev–Trinajstić information content (AvgIpc) is 2.31. The molecule has 88 valence electrons. The second-order valence-corrected chi connectivity index (χ2v) is 5.48. The van der Waals surface area contributed by atoms with Crippen molar-refractivity contribution in [1.29, 1.82) is 0 Å². The van der Waals surface area contributed by atoms with E-state index in [4.69, 9.17) is 0 Å². The van der Waals surface area contributed by atoms with Gasteiger partial charge in [0.2, 0.25) is 0 Å². The Hall–Kier alpha value is -0.730. The number of carbonyl (C=O) groups is 1. The molecule has 0 radical (unpaired) electrons. The van der Waals surface area contributed by atoms with Gasteiger partial charge in [0.1, 0.15) is 0 Å². The summed E-state index contributed by atoms with van der Waals surface area (Å²) in [6.07, 6.45) is 0. The summed E-state index contributed by atoms with van der Waals surface area (Å²) >= 11 is 0. The van der Waals surface area contributed by atoms with E-state index in [0.29, 0.717) is 17.9 Å². The van der Waals surface area contributed by atoms with Gasteiger partial charge in [0.15, 0.2) is 0 Å². The first-order chi connectivity index (χ1) is 6.91. The molecule has 0 aromatic heterocycles. The number of urea groups is 1. The predicted octanol–water partition coefficient (Wildman–Crippen LogP) is 2.42. The first-order valence-electron chi connectivity index (χ1n) is 5.97. The summed E-state index contributed by atoms with van der Waals surface area (Å²) in [7, 11) is 0. The second kappa shape index (κ2) is 4.86. The highest BCUT2D eigenvalue weighted by molar-refractivity contribution is 5.77. The van der Waals surface area contributed by atoms with E-state index in [1.807, 2.05) is 9.80 Å². The third-order valence-corrected chi connectivity index (χ3v) is 2.68. The molecule has 1 saturated heterocycles. The number of nitrogens with zero attached hydrogens (tertiary/aromatic N) is 2. The zero-order valence-electron chi connectivity index (χ0n) is 10.7. The van der Waals surface area contributed by atoms with Crippen LogP contribution in [-0.2, 0) is 0 Å². The van der Waals surface area contributed by atoms with Crippen LogP contribution in [0.25, 0.3) is 0 Å². The number of amides is 2. The van der Waals surface area contributed by atoms with Gasteiger partial charge in [0.05, 0.1) is 0 Å². The highest BCUT2D eigenvalue weighted by Crippen LogP contribution is 2.18. The third-order valence-electron chi connectivity index (χ3n) is 2.68. The van der Waals surface area contributed by atoms with Crippen molar-refractivity contribution in [2.75, 3.05) is 19.6 Å². The van der Waals surface area contributed by atoms with Crippen LogP contribution in [0.4, 0.5) is 4.79 Å². The van der Waals surface area contributed by atoms with Crippen LogP contribution in [0.3, 0.4) is 0 Å². The van der Waals surface area contributed by atoms with Crippen LogP contribution in [0.15, 0.2) is 0 Å². The summed E-state index contributed by atoms with van der Waals surface area (Å²) in [5.41, 5.74) is 0. The molecule has 2 amide bonds. The molecule has 1 heterocycles. The molecule has 3 nitrogen and oxygen atoms in total. The summed E-state index contributed by atoms with van der Waals surface area (Å²) in [4.78, 5) is 16.0. The van der Waals surface area contributed by atoms with Gasteiger partial charge in [0, 0.05) is 25.7 Å². The molecular formula is C12H24N2O. The minimum absolute atomic E-state index is 0.227. The number of carbonyl (C=O) groups excluding carboxylic acids is 1. The first kappa shape index (κ1) is 12.3. The molecule has 0 aromatic rings. The van der Waals surface area contributed by atoms with Gasteiger partial charge in [-0.1, -0.05) is 27.7 Å². The quantitative estimate of drug-likeness (QED) is 0.702. The Balaban J connectivity index is 2.58.